The fourth-order valence-electron chi connectivity index (χ4n) is 4.32. The number of rotatable bonds is 8. The van der Waals surface area contributed by atoms with Gasteiger partial charge in [0.05, 0.1) is 26.7 Å². The molecule has 0 aliphatic heterocycles. The van der Waals surface area contributed by atoms with Gasteiger partial charge >= 0.3 is 0 Å². The van der Waals surface area contributed by atoms with Crippen molar-refractivity contribution in [3.8, 4) is 0 Å². The Kier molecular flexibility index (Phi) is 15.7. The lowest BCUT2D eigenvalue weighted by Crippen LogP contribution is -3.00. The molecule has 0 heterocycles. The van der Waals surface area contributed by atoms with Crippen LogP contribution in [-0.4, -0.2) is 31.2 Å². The summed E-state index contributed by atoms with van der Waals surface area (Å²) in [7, 11) is 5.03. The largest absolute Gasteiger partial charge is 1.00 e. The SMILES string of the molecule is CCCCCCCC[N+](C)(C)C1CCCCCCCCCCC1.[Cl-]. The maximum atomic E-state index is 2.52. The van der Waals surface area contributed by atoms with Crippen LogP contribution in [0, 0.1) is 0 Å². The van der Waals surface area contributed by atoms with Gasteiger partial charge in [-0.05, 0) is 38.5 Å². The van der Waals surface area contributed by atoms with E-state index < -0.39 is 0 Å². The number of hydrogen-bond donors (Lipinski definition) is 0. The van der Waals surface area contributed by atoms with Crippen LogP contribution in [0.15, 0.2) is 0 Å². The molecule has 0 unspecified atom stereocenters. The first-order valence-electron chi connectivity index (χ1n) is 11.0. The predicted molar refractivity (Wildman–Crippen MR) is 105 cm³/mol. The highest BCUT2D eigenvalue weighted by Gasteiger charge is 2.26. The Labute approximate surface area is 160 Å². The summed E-state index contributed by atoms with van der Waals surface area (Å²) in [5, 5.41) is 0. The molecular weight excluding hydrogens is 314 g/mol. The zero-order valence-electron chi connectivity index (χ0n) is 17.1. The fourth-order valence-corrected chi connectivity index (χ4v) is 4.32. The summed E-state index contributed by atoms with van der Waals surface area (Å²) in [6.07, 6.45) is 24.9. The maximum absolute atomic E-state index is 2.52. The van der Waals surface area contributed by atoms with Gasteiger partial charge in [0, 0.05) is 0 Å². The van der Waals surface area contributed by atoms with E-state index in [4.69, 9.17) is 0 Å². The lowest BCUT2D eigenvalue weighted by atomic mass is 9.95. The van der Waals surface area contributed by atoms with E-state index in [1.807, 2.05) is 0 Å². The zero-order chi connectivity index (χ0) is 16.8. The van der Waals surface area contributed by atoms with Crippen LogP contribution in [0.1, 0.15) is 116 Å². The third-order valence-electron chi connectivity index (χ3n) is 6.15. The predicted octanol–water partition coefficient (Wildman–Crippen LogP) is 4.10. The highest BCUT2D eigenvalue weighted by Crippen LogP contribution is 2.24. The van der Waals surface area contributed by atoms with Gasteiger partial charge in [-0.25, -0.2) is 0 Å². The van der Waals surface area contributed by atoms with E-state index in [1.165, 1.54) is 120 Å². The summed E-state index contributed by atoms with van der Waals surface area (Å²) in [4.78, 5) is 0. The van der Waals surface area contributed by atoms with Gasteiger partial charge in [0.1, 0.15) is 0 Å². The molecule has 146 valence electrons. The standard InChI is InChI=1S/C22H46N.ClH/c1-4-5-6-7-15-18-21-23(2,3)22-19-16-13-11-9-8-10-12-14-17-20-22;/h22H,4-21H2,1-3H3;1H/q+1;/p-1. The van der Waals surface area contributed by atoms with E-state index in [1.54, 1.807) is 0 Å². The molecule has 1 rings (SSSR count). The molecule has 0 spiro atoms. The first kappa shape index (κ1) is 24.2. The Bertz CT molecular complexity index is 253. The molecule has 2 heteroatoms. The lowest BCUT2D eigenvalue weighted by Gasteiger charge is -2.39. The maximum Gasteiger partial charge on any atom is 0.0886 e. The minimum absolute atomic E-state index is 0. The van der Waals surface area contributed by atoms with E-state index in [2.05, 4.69) is 21.0 Å². The van der Waals surface area contributed by atoms with E-state index in [-0.39, 0.29) is 12.4 Å². The van der Waals surface area contributed by atoms with Gasteiger partial charge in [-0.1, -0.05) is 77.6 Å². The highest BCUT2D eigenvalue weighted by molar-refractivity contribution is 4.63. The summed E-state index contributed by atoms with van der Waals surface area (Å²) in [6.45, 7) is 3.71. The Morgan fingerprint density at radius 1 is 0.625 bits per heavy atom. The molecule has 1 aliphatic carbocycles. The van der Waals surface area contributed by atoms with Crippen LogP contribution in [0.5, 0.6) is 0 Å². The number of unbranched alkanes of at least 4 members (excludes halogenated alkanes) is 5. The van der Waals surface area contributed by atoms with Crippen molar-refractivity contribution in [2.45, 2.75) is 122 Å². The molecule has 0 aromatic carbocycles. The molecule has 0 radical (unpaired) electrons. The summed E-state index contributed by atoms with van der Waals surface area (Å²) >= 11 is 0. The van der Waals surface area contributed by atoms with Crippen molar-refractivity contribution >= 4 is 0 Å². The van der Waals surface area contributed by atoms with Crippen LogP contribution in [0.4, 0.5) is 0 Å². The zero-order valence-corrected chi connectivity index (χ0v) is 17.9. The molecule has 1 aliphatic rings. The van der Waals surface area contributed by atoms with Crippen molar-refractivity contribution in [3.05, 3.63) is 0 Å². The first-order valence-corrected chi connectivity index (χ1v) is 11.0. The summed E-state index contributed by atoms with van der Waals surface area (Å²) in [5.74, 6) is 0. The van der Waals surface area contributed by atoms with Crippen LogP contribution < -0.4 is 12.4 Å². The summed E-state index contributed by atoms with van der Waals surface area (Å²) in [5.41, 5.74) is 0. The normalized spacial score (nSPS) is 19.1. The molecule has 1 saturated carbocycles. The van der Waals surface area contributed by atoms with Crippen molar-refractivity contribution in [2.75, 3.05) is 20.6 Å². The molecule has 1 fully saturated rings. The third kappa shape index (κ3) is 11.7. The molecule has 0 saturated heterocycles. The Hall–Kier alpha value is 0.250. The number of hydrogen-bond acceptors (Lipinski definition) is 0. The second kappa shape index (κ2) is 15.5. The van der Waals surface area contributed by atoms with Gasteiger partial charge in [0.2, 0.25) is 0 Å². The number of halogens is 1. The fraction of sp³-hybridized carbons (Fsp3) is 1.00. The van der Waals surface area contributed by atoms with Crippen molar-refractivity contribution in [3.63, 3.8) is 0 Å². The topological polar surface area (TPSA) is 0 Å². The summed E-state index contributed by atoms with van der Waals surface area (Å²) < 4.78 is 1.29. The Balaban J connectivity index is 0.00000529. The number of quaternary nitrogens is 1. The van der Waals surface area contributed by atoms with E-state index in [0.717, 1.165) is 6.04 Å². The monoisotopic (exact) mass is 359 g/mol. The van der Waals surface area contributed by atoms with Crippen LogP contribution in [0.25, 0.3) is 0 Å². The molecule has 0 aromatic rings. The smallest absolute Gasteiger partial charge is 0.0886 e. The molecule has 0 aromatic heterocycles. The minimum atomic E-state index is 0. The van der Waals surface area contributed by atoms with Gasteiger partial charge in [-0.3, -0.25) is 0 Å². The van der Waals surface area contributed by atoms with Crippen LogP contribution in [0.2, 0.25) is 0 Å². The highest BCUT2D eigenvalue weighted by atomic mass is 35.5. The van der Waals surface area contributed by atoms with E-state index in [9.17, 15) is 0 Å². The Morgan fingerprint density at radius 3 is 1.54 bits per heavy atom. The molecule has 0 bridgehead atoms. The van der Waals surface area contributed by atoms with Crippen LogP contribution in [0.3, 0.4) is 0 Å². The average Bonchev–Trinajstić information content (AvgIpc) is 2.51. The van der Waals surface area contributed by atoms with Crippen LogP contribution in [-0.2, 0) is 0 Å². The van der Waals surface area contributed by atoms with Gasteiger partial charge in [-0.15, -0.1) is 0 Å². The van der Waals surface area contributed by atoms with E-state index in [0.29, 0.717) is 0 Å². The average molecular weight is 360 g/mol. The number of nitrogens with zero attached hydrogens (tertiary/aromatic N) is 1. The van der Waals surface area contributed by atoms with Crippen molar-refractivity contribution in [1.29, 1.82) is 0 Å². The van der Waals surface area contributed by atoms with Gasteiger partial charge in [0.15, 0.2) is 0 Å². The third-order valence-corrected chi connectivity index (χ3v) is 6.15. The second-order valence-corrected chi connectivity index (χ2v) is 8.68. The van der Waals surface area contributed by atoms with Crippen LogP contribution >= 0.6 is 0 Å². The quantitative estimate of drug-likeness (QED) is 0.452. The Morgan fingerprint density at radius 2 is 1.04 bits per heavy atom. The molecule has 0 N–H and O–H groups in total. The lowest BCUT2D eigenvalue weighted by molar-refractivity contribution is -0.916. The van der Waals surface area contributed by atoms with E-state index >= 15 is 0 Å². The first-order chi connectivity index (χ1) is 11.2. The van der Waals surface area contributed by atoms with Crippen molar-refractivity contribution < 1.29 is 16.9 Å². The van der Waals surface area contributed by atoms with Crippen molar-refractivity contribution in [2.24, 2.45) is 0 Å². The van der Waals surface area contributed by atoms with Gasteiger partial charge in [0.25, 0.3) is 0 Å². The molecule has 0 amide bonds. The second-order valence-electron chi connectivity index (χ2n) is 8.68. The van der Waals surface area contributed by atoms with Gasteiger partial charge < -0.3 is 16.9 Å². The van der Waals surface area contributed by atoms with Gasteiger partial charge in [-0.2, -0.15) is 0 Å². The molecular formula is C22H46ClN. The molecule has 24 heavy (non-hydrogen) atoms. The minimum Gasteiger partial charge on any atom is -1.00 e. The molecule has 1 nitrogen and oxygen atoms in total. The molecule has 0 atom stereocenters. The van der Waals surface area contributed by atoms with Crippen molar-refractivity contribution in [1.82, 2.24) is 0 Å². The summed E-state index contributed by atoms with van der Waals surface area (Å²) in [6, 6.07) is 0.921.